The van der Waals surface area contributed by atoms with E-state index in [1.165, 1.54) is 193 Å². The molecule has 0 bridgehead atoms. The van der Waals surface area contributed by atoms with Crippen molar-refractivity contribution in [3.05, 3.63) is 134 Å². The fraction of sp³-hybridized carbons (Fsp3) is 0.709. The number of carboxylic acids is 1. The second-order valence-corrected chi connectivity index (χ2v) is 27.3. The summed E-state index contributed by atoms with van der Waals surface area (Å²) in [4.78, 5) is 37.7. The van der Waals surface area contributed by atoms with E-state index in [1.807, 2.05) is 21.1 Å². The summed E-state index contributed by atoms with van der Waals surface area (Å²) in [6.07, 6.45) is 106. The number of hydrogen-bond acceptors (Lipinski definition) is 7. The summed E-state index contributed by atoms with van der Waals surface area (Å²) in [5.74, 6) is -2.01. The van der Waals surface area contributed by atoms with Crippen LogP contribution >= 0.6 is 0 Å². The summed E-state index contributed by atoms with van der Waals surface area (Å²) in [5, 5.41) is 9.77. The van der Waals surface area contributed by atoms with Gasteiger partial charge in [0.05, 0.1) is 34.4 Å². The lowest BCUT2D eigenvalue weighted by atomic mass is 10.0. The lowest BCUT2D eigenvalue weighted by Gasteiger charge is -2.25. The highest BCUT2D eigenvalue weighted by Crippen LogP contribution is 2.18. The van der Waals surface area contributed by atoms with Crippen LogP contribution in [0, 0.1) is 0 Å². The Kier molecular flexibility index (Phi) is 71.6. The first-order valence-electron chi connectivity index (χ1n) is 39.3. The zero-order valence-corrected chi connectivity index (χ0v) is 62.3. The van der Waals surface area contributed by atoms with E-state index in [9.17, 15) is 19.5 Å². The molecule has 0 aliphatic carbocycles. The van der Waals surface area contributed by atoms with Gasteiger partial charge in [-0.1, -0.05) is 340 Å². The van der Waals surface area contributed by atoms with E-state index >= 15 is 0 Å². The number of nitrogens with zero attached hydrogens (tertiary/aromatic N) is 1. The SMILES string of the molecule is CC/C=C\C/C=C\C/C=C\C/C=C\C/C=C\C/C=C\C/C=C\C/C=C\CCCCCCCCCCC(=O)OC(COC(=O)CCCCCCCCCCCCCCCCCCCCCCCC/C=C\C/C=C\C/C=C\CCCCCCC)COC(OCC[N+](C)(C)C)C(=O)O. The number of carbonyl (C=O) groups excluding carboxylic acids is 2. The van der Waals surface area contributed by atoms with Gasteiger partial charge in [0, 0.05) is 12.8 Å². The predicted molar refractivity (Wildman–Crippen MR) is 410 cm³/mol. The Morgan fingerprint density at radius 1 is 0.326 bits per heavy atom. The van der Waals surface area contributed by atoms with E-state index in [2.05, 4.69) is 148 Å². The molecule has 9 heteroatoms. The Morgan fingerprint density at radius 3 is 0.895 bits per heavy atom. The number of likely N-dealkylation sites (N-methyl/N-ethyl adjacent to an activating group) is 1. The Labute approximate surface area is 586 Å². The topological polar surface area (TPSA) is 108 Å². The van der Waals surface area contributed by atoms with Crippen LogP contribution in [0.15, 0.2) is 134 Å². The monoisotopic (exact) mass is 1320 g/mol. The minimum Gasteiger partial charge on any atom is -0.477 e. The molecule has 0 rings (SSSR count). The molecule has 9 nitrogen and oxygen atoms in total. The number of quaternary nitrogens is 1. The van der Waals surface area contributed by atoms with Gasteiger partial charge in [-0.05, 0) is 116 Å². The maximum atomic E-state index is 13.0. The zero-order chi connectivity index (χ0) is 69.0. The number of carbonyl (C=O) groups is 3. The molecule has 0 fully saturated rings. The van der Waals surface area contributed by atoms with Gasteiger partial charge in [-0.15, -0.1) is 0 Å². The van der Waals surface area contributed by atoms with Crippen LogP contribution in [0.1, 0.15) is 335 Å². The van der Waals surface area contributed by atoms with Crippen molar-refractivity contribution in [3.63, 3.8) is 0 Å². The molecule has 0 heterocycles. The number of unbranched alkanes of at least 4 members (excludes halogenated alkanes) is 35. The number of aliphatic carboxylic acids is 1. The van der Waals surface area contributed by atoms with Crippen LogP contribution in [-0.4, -0.2) is 87.4 Å². The molecule has 2 atom stereocenters. The molecule has 0 spiro atoms. The van der Waals surface area contributed by atoms with Crippen LogP contribution in [0.25, 0.3) is 0 Å². The molecule has 1 N–H and O–H groups in total. The molecule has 0 aromatic carbocycles. The van der Waals surface area contributed by atoms with E-state index in [1.54, 1.807) is 0 Å². The van der Waals surface area contributed by atoms with Crippen LogP contribution < -0.4 is 0 Å². The molecular formula is C86H148NO8+. The van der Waals surface area contributed by atoms with E-state index in [0.717, 1.165) is 109 Å². The van der Waals surface area contributed by atoms with Gasteiger partial charge >= 0.3 is 17.9 Å². The van der Waals surface area contributed by atoms with Crippen molar-refractivity contribution in [1.82, 2.24) is 0 Å². The molecule has 0 radical (unpaired) electrons. The normalized spacial score (nSPS) is 13.4. The lowest BCUT2D eigenvalue weighted by Crippen LogP contribution is -2.40. The third-order valence-electron chi connectivity index (χ3n) is 16.9. The maximum absolute atomic E-state index is 13.0. The molecular weight excluding hydrogens is 1170 g/mol. The van der Waals surface area contributed by atoms with E-state index in [0.29, 0.717) is 23.9 Å². The van der Waals surface area contributed by atoms with Crippen LogP contribution in [-0.2, 0) is 33.3 Å². The fourth-order valence-electron chi connectivity index (χ4n) is 10.9. The van der Waals surface area contributed by atoms with Gasteiger partial charge < -0.3 is 28.5 Å². The molecule has 0 aromatic heterocycles. The maximum Gasteiger partial charge on any atom is 0.361 e. The Balaban J connectivity index is 4.07. The third-order valence-corrected chi connectivity index (χ3v) is 16.9. The highest BCUT2D eigenvalue weighted by molar-refractivity contribution is 5.71. The van der Waals surface area contributed by atoms with Crippen molar-refractivity contribution in [2.45, 2.75) is 347 Å². The second-order valence-electron chi connectivity index (χ2n) is 27.3. The van der Waals surface area contributed by atoms with Gasteiger partial charge in [0.2, 0.25) is 0 Å². The summed E-state index contributed by atoms with van der Waals surface area (Å²) < 4.78 is 23.0. The van der Waals surface area contributed by atoms with E-state index in [4.69, 9.17) is 18.9 Å². The Morgan fingerprint density at radius 2 is 0.600 bits per heavy atom. The standard InChI is InChI=1S/C86H147NO8/c1-6-8-10-12-14-16-18-20-22-24-26-28-30-32-34-36-38-40-41-42-43-45-46-48-50-52-54-56-58-60-62-64-66-68-70-72-74-76-83(88)93-80-82(81-94-86(85(90)91)92-79-78-87(3,4)5)95-84(89)77-75-73-71-69-67-65-63-61-59-57-55-53-51-49-47-44-39-37-35-33-31-29-27-25-23-21-19-17-15-13-11-9-7-2/h9,11,15,17-18,20-21,23-24,26-27,29-30,32-33,35,39,44,49,51,55,57,82,86H,6-8,10,12-14,16,19,22,25,28,31,34,36-38,40-43,45-48,50,52-54,56,58-81H2,1-5H3/p+1/b11-9-,17-15-,20-18-,23-21-,26-24-,29-27-,32-30-,35-33-,44-39-,51-49-,57-55-. The van der Waals surface area contributed by atoms with E-state index < -0.39 is 24.3 Å². The van der Waals surface area contributed by atoms with Crippen molar-refractivity contribution in [3.8, 4) is 0 Å². The number of esters is 2. The molecule has 0 amide bonds. The van der Waals surface area contributed by atoms with Crippen molar-refractivity contribution >= 4 is 17.9 Å². The lowest BCUT2D eigenvalue weighted by molar-refractivity contribution is -0.870. The second kappa shape index (κ2) is 75.2. The van der Waals surface area contributed by atoms with Crippen LogP contribution in [0.3, 0.4) is 0 Å². The van der Waals surface area contributed by atoms with Gasteiger partial charge in [0.15, 0.2) is 6.10 Å². The molecule has 95 heavy (non-hydrogen) atoms. The quantitative estimate of drug-likeness (QED) is 0.0211. The predicted octanol–water partition coefficient (Wildman–Crippen LogP) is 25.3. The average Bonchev–Trinajstić information content (AvgIpc) is 3.75. The van der Waals surface area contributed by atoms with Gasteiger partial charge in [0.25, 0.3) is 6.29 Å². The largest absolute Gasteiger partial charge is 0.477 e. The van der Waals surface area contributed by atoms with Gasteiger partial charge in [0.1, 0.15) is 13.2 Å². The summed E-state index contributed by atoms with van der Waals surface area (Å²) in [6, 6.07) is 0. The molecule has 0 saturated heterocycles. The molecule has 0 aliphatic rings. The summed E-state index contributed by atoms with van der Waals surface area (Å²) >= 11 is 0. The smallest absolute Gasteiger partial charge is 0.361 e. The van der Waals surface area contributed by atoms with Gasteiger partial charge in [-0.25, -0.2) is 4.79 Å². The fourth-order valence-corrected chi connectivity index (χ4v) is 10.9. The highest BCUT2D eigenvalue weighted by Gasteiger charge is 2.25. The summed E-state index contributed by atoms with van der Waals surface area (Å²) in [6.45, 7) is 4.76. The summed E-state index contributed by atoms with van der Waals surface area (Å²) in [7, 11) is 5.98. The van der Waals surface area contributed by atoms with Crippen molar-refractivity contribution in [2.75, 3.05) is 47.5 Å². The number of rotatable bonds is 72. The van der Waals surface area contributed by atoms with Crippen molar-refractivity contribution < 1.29 is 42.9 Å². The average molecular weight is 1320 g/mol. The Bertz CT molecular complexity index is 2030. The minimum absolute atomic E-state index is 0.181. The summed E-state index contributed by atoms with van der Waals surface area (Å²) in [5.41, 5.74) is 0. The first-order chi connectivity index (χ1) is 46.6. The van der Waals surface area contributed by atoms with Gasteiger partial charge in [-0.2, -0.15) is 0 Å². The molecule has 0 aliphatic heterocycles. The van der Waals surface area contributed by atoms with Crippen molar-refractivity contribution in [2.24, 2.45) is 0 Å². The van der Waals surface area contributed by atoms with Crippen LogP contribution in [0.2, 0.25) is 0 Å². The first-order valence-corrected chi connectivity index (χ1v) is 39.3. The minimum atomic E-state index is -1.52. The number of carboxylic acid groups (broad SMARTS) is 1. The number of hydrogen-bond donors (Lipinski definition) is 1. The van der Waals surface area contributed by atoms with Crippen LogP contribution in [0.4, 0.5) is 0 Å². The third kappa shape index (κ3) is 76.7. The van der Waals surface area contributed by atoms with E-state index in [-0.39, 0.29) is 32.2 Å². The highest BCUT2D eigenvalue weighted by atomic mass is 16.7. The zero-order valence-electron chi connectivity index (χ0n) is 62.3. The number of ether oxygens (including phenoxy) is 4. The van der Waals surface area contributed by atoms with Crippen molar-refractivity contribution in [1.29, 1.82) is 0 Å². The molecule has 0 saturated carbocycles. The van der Waals surface area contributed by atoms with Crippen LogP contribution in [0.5, 0.6) is 0 Å². The number of allylic oxidation sites excluding steroid dienone is 22. The molecule has 544 valence electrons. The Hall–Kier alpha value is -4.57. The first kappa shape index (κ1) is 90.4. The van der Waals surface area contributed by atoms with Gasteiger partial charge in [-0.3, -0.25) is 9.59 Å². The molecule has 2 unspecified atom stereocenters. The molecule has 0 aromatic rings.